The zero-order chi connectivity index (χ0) is 22.8. The van der Waals surface area contributed by atoms with E-state index in [9.17, 15) is 4.79 Å². The number of carbonyl (C=O) groups is 1. The molecule has 0 bridgehead atoms. The van der Waals surface area contributed by atoms with Gasteiger partial charge in [0.25, 0.3) is 0 Å². The van der Waals surface area contributed by atoms with Crippen molar-refractivity contribution in [3.8, 4) is 17.2 Å². The molecule has 6 nitrogen and oxygen atoms in total. The quantitative estimate of drug-likeness (QED) is 0.561. The van der Waals surface area contributed by atoms with Crippen molar-refractivity contribution in [2.45, 2.75) is 45.7 Å². The number of carbonyl (C=O) groups excluding carboxylic acids is 1. The Labute approximate surface area is 191 Å². The minimum Gasteiger partial charge on any atom is -0.497 e. The molecule has 3 rings (SSSR count). The molecular weight excluding hydrogens is 404 g/mol. The van der Waals surface area contributed by atoms with Gasteiger partial charge in [0.15, 0.2) is 0 Å². The Kier molecular flexibility index (Phi) is 9.23. The molecule has 0 spiro atoms. The fraction of sp³-hybridized carbons (Fsp3) is 0.500. The number of hydrogen-bond donors (Lipinski definition) is 1. The van der Waals surface area contributed by atoms with E-state index in [1.165, 1.54) is 18.4 Å². The van der Waals surface area contributed by atoms with E-state index in [4.69, 9.17) is 14.2 Å². The highest BCUT2D eigenvalue weighted by molar-refractivity contribution is 5.75. The molecule has 174 valence electrons. The fourth-order valence-electron chi connectivity index (χ4n) is 4.32. The predicted molar refractivity (Wildman–Crippen MR) is 126 cm³/mol. The molecule has 1 saturated heterocycles. The van der Waals surface area contributed by atoms with Crippen molar-refractivity contribution in [2.24, 2.45) is 5.92 Å². The van der Waals surface area contributed by atoms with Crippen LogP contribution < -0.4 is 19.5 Å². The van der Waals surface area contributed by atoms with Gasteiger partial charge in [-0.15, -0.1) is 0 Å². The number of piperidine rings is 1. The van der Waals surface area contributed by atoms with Crippen LogP contribution in [0.15, 0.2) is 42.5 Å². The molecule has 1 amide bonds. The molecule has 1 aliphatic heterocycles. The molecule has 1 atom stereocenters. The first kappa shape index (κ1) is 23.9. The molecule has 2 aromatic rings. The molecule has 0 aliphatic carbocycles. The lowest BCUT2D eigenvalue weighted by atomic mass is 9.93. The number of ether oxygens (including phenoxy) is 3. The summed E-state index contributed by atoms with van der Waals surface area (Å²) in [5.74, 6) is 3.07. The SMILES string of the molecule is CCOc1ccccc1CN1CCCC(CCC(=O)NCc2ccc(OC)cc2OC)C1. The van der Waals surface area contributed by atoms with Gasteiger partial charge < -0.3 is 19.5 Å². The van der Waals surface area contributed by atoms with E-state index in [0.29, 0.717) is 25.5 Å². The highest BCUT2D eigenvalue weighted by Crippen LogP contribution is 2.26. The standard InChI is InChI=1S/C26H36N2O4/c1-4-32-24-10-6-5-9-22(24)19-28-15-7-8-20(18-28)11-14-26(29)27-17-21-12-13-23(30-2)16-25(21)31-3/h5-6,9-10,12-13,16,20H,4,7-8,11,14-15,17-19H2,1-3H3,(H,27,29). The van der Waals surface area contributed by atoms with Gasteiger partial charge in [-0.25, -0.2) is 0 Å². The number of rotatable bonds is 11. The van der Waals surface area contributed by atoms with Crippen LogP contribution in [0, 0.1) is 5.92 Å². The molecule has 1 heterocycles. The number of hydrogen-bond acceptors (Lipinski definition) is 5. The molecule has 1 unspecified atom stereocenters. The number of amides is 1. The maximum atomic E-state index is 12.5. The Morgan fingerprint density at radius 1 is 1.09 bits per heavy atom. The summed E-state index contributed by atoms with van der Waals surface area (Å²) in [7, 11) is 3.25. The van der Waals surface area contributed by atoms with E-state index >= 15 is 0 Å². The van der Waals surface area contributed by atoms with Gasteiger partial charge in [-0.3, -0.25) is 9.69 Å². The average molecular weight is 441 g/mol. The Bertz CT molecular complexity index is 871. The summed E-state index contributed by atoms with van der Waals surface area (Å²) in [4.78, 5) is 15.0. The molecule has 0 radical (unpaired) electrons. The molecule has 1 fully saturated rings. The van der Waals surface area contributed by atoms with Gasteiger partial charge in [0, 0.05) is 43.2 Å². The number of para-hydroxylation sites is 1. The predicted octanol–water partition coefficient (Wildman–Crippen LogP) is 4.41. The van der Waals surface area contributed by atoms with Crippen LogP contribution in [0.4, 0.5) is 0 Å². The van der Waals surface area contributed by atoms with Gasteiger partial charge in [0.2, 0.25) is 5.91 Å². The summed E-state index contributed by atoms with van der Waals surface area (Å²) in [6.45, 7) is 6.17. The van der Waals surface area contributed by atoms with Crippen molar-refractivity contribution in [3.63, 3.8) is 0 Å². The lowest BCUT2D eigenvalue weighted by Crippen LogP contribution is -2.35. The summed E-state index contributed by atoms with van der Waals surface area (Å²) in [5, 5.41) is 3.03. The topological polar surface area (TPSA) is 60.0 Å². The summed E-state index contributed by atoms with van der Waals surface area (Å²) >= 11 is 0. The second-order valence-electron chi connectivity index (χ2n) is 8.28. The molecule has 0 saturated carbocycles. The number of nitrogens with zero attached hydrogens (tertiary/aromatic N) is 1. The van der Waals surface area contributed by atoms with Crippen LogP contribution in [0.1, 0.15) is 43.7 Å². The Morgan fingerprint density at radius 2 is 1.94 bits per heavy atom. The maximum Gasteiger partial charge on any atom is 0.220 e. The number of likely N-dealkylation sites (tertiary alicyclic amines) is 1. The minimum absolute atomic E-state index is 0.0849. The van der Waals surface area contributed by atoms with Crippen molar-refractivity contribution in [2.75, 3.05) is 33.9 Å². The minimum atomic E-state index is 0.0849. The third kappa shape index (κ3) is 6.89. The molecule has 6 heteroatoms. The first-order valence-corrected chi connectivity index (χ1v) is 11.5. The van der Waals surface area contributed by atoms with Crippen LogP contribution in [-0.4, -0.2) is 44.7 Å². The van der Waals surface area contributed by atoms with E-state index in [2.05, 4.69) is 22.3 Å². The van der Waals surface area contributed by atoms with Gasteiger partial charge in [-0.2, -0.15) is 0 Å². The van der Waals surface area contributed by atoms with Gasteiger partial charge in [-0.1, -0.05) is 18.2 Å². The molecule has 32 heavy (non-hydrogen) atoms. The van der Waals surface area contributed by atoms with Crippen molar-refractivity contribution >= 4 is 5.91 Å². The second-order valence-corrected chi connectivity index (χ2v) is 8.28. The van der Waals surface area contributed by atoms with Crippen molar-refractivity contribution in [1.29, 1.82) is 0 Å². The molecule has 2 aromatic carbocycles. The van der Waals surface area contributed by atoms with Crippen LogP contribution in [0.2, 0.25) is 0 Å². The number of nitrogens with one attached hydrogen (secondary N) is 1. The Balaban J connectivity index is 1.45. The lowest BCUT2D eigenvalue weighted by molar-refractivity contribution is -0.121. The normalized spacial score (nSPS) is 16.4. The van der Waals surface area contributed by atoms with Gasteiger partial charge in [0.05, 0.1) is 20.8 Å². The first-order valence-electron chi connectivity index (χ1n) is 11.5. The summed E-state index contributed by atoms with van der Waals surface area (Å²) in [5.41, 5.74) is 2.18. The second kappa shape index (κ2) is 12.3. The number of methoxy groups -OCH3 is 2. The first-order chi connectivity index (χ1) is 15.6. The van der Waals surface area contributed by atoms with E-state index in [-0.39, 0.29) is 5.91 Å². The molecule has 0 aromatic heterocycles. The van der Waals surface area contributed by atoms with Crippen molar-refractivity contribution in [3.05, 3.63) is 53.6 Å². The summed E-state index contributed by atoms with van der Waals surface area (Å²) in [6.07, 6.45) is 3.82. The van der Waals surface area contributed by atoms with Gasteiger partial charge >= 0.3 is 0 Å². The summed E-state index contributed by atoms with van der Waals surface area (Å²) < 4.78 is 16.4. The monoisotopic (exact) mass is 440 g/mol. The third-order valence-electron chi connectivity index (χ3n) is 6.02. The zero-order valence-electron chi connectivity index (χ0n) is 19.6. The van der Waals surface area contributed by atoms with E-state index < -0.39 is 0 Å². The van der Waals surface area contributed by atoms with Crippen LogP contribution in [0.25, 0.3) is 0 Å². The van der Waals surface area contributed by atoms with Crippen LogP contribution >= 0.6 is 0 Å². The van der Waals surface area contributed by atoms with Crippen LogP contribution in [0.3, 0.4) is 0 Å². The molecule has 1 aliphatic rings. The largest absolute Gasteiger partial charge is 0.497 e. The average Bonchev–Trinajstić information content (AvgIpc) is 2.83. The molecule has 1 N–H and O–H groups in total. The highest BCUT2D eigenvalue weighted by Gasteiger charge is 2.21. The van der Waals surface area contributed by atoms with Crippen LogP contribution in [0.5, 0.6) is 17.2 Å². The van der Waals surface area contributed by atoms with Crippen molar-refractivity contribution in [1.82, 2.24) is 10.2 Å². The van der Waals surface area contributed by atoms with E-state index in [0.717, 1.165) is 48.9 Å². The fourth-order valence-corrected chi connectivity index (χ4v) is 4.32. The Morgan fingerprint density at radius 3 is 2.72 bits per heavy atom. The molecular formula is C26H36N2O4. The highest BCUT2D eigenvalue weighted by atomic mass is 16.5. The van der Waals surface area contributed by atoms with Gasteiger partial charge in [0.1, 0.15) is 17.2 Å². The maximum absolute atomic E-state index is 12.5. The van der Waals surface area contributed by atoms with E-state index in [1.807, 2.05) is 37.3 Å². The van der Waals surface area contributed by atoms with Crippen molar-refractivity contribution < 1.29 is 19.0 Å². The van der Waals surface area contributed by atoms with Gasteiger partial charge in [-0.05, 0) is 56.8 Å². The summed E-state index contributed by atoms with van der Waals surface area (Å²) in [6, 6.07) is 13.9. The van der Waals surface area contributed by atoms with E-state index in [1.54, 1.807) is 14.2 Å². The third-order valence-corrected chi connectivity index (χ3v) is 6.02. The zero-order valence-corrected chi connectivity index (χ0v) is 19.6. The Hall–Kier alpha value is -2.73. The van der Waals surface area contributed by atoms with Crippen LogP contribution in [-0.2, 0) is 17.9 Å². The lowest BCUT2D eigenvalue weighted by Gasteiger charge is -2.33. The smallest absolute Gasteiger partial charge is 0.220 e. The number of benzene rings is 2.